The van der Waals surface area contributed by atoms with Crippen molar-refractivity contribution in [1.82, 2.24) is 0 Å². The van der Waals surface area contributed by atoms with Crippen molar-refractivity contribution >= 4 is 0 Å². The van der Waals surface area contributed by atoms with Gasteiger partial charge in [0.25, 0.3) is 0 Å². The van der Waals surface area contributed by atoms with Crippen LogP contribution in [0, 0.1) is 22.7 Å². The fourth-order valence-electron chi connectivity index (χ4n) is 2.55. The maximum absolute atomic E-state index is 9.10. The standard InChI is InChI=1S/C14H14N2/c15-9-3-4-11-7-8-12(10-16)14-6-2-1-5-13(11)14/h1-2,5-6,11-12H,3-4,7-8H2/t11-,12+/m1/s1. The van der Waals surface area contributed by atoms with Gasteiger partial charge in [0.1, 0.15) is 0 Å². The second-order valence-electron chi connectivity index (χ2n) is 4.28. The highest BCUT2D eigenvalue weighted by Gasteiger charge is 2.26. The number of hydrogen-bond acceptors (Lipinski definition) is 2. The van der Waals surface area contributed by atoms with E-state index in [1.165, 1.54) is 11.1 Å². The van der Waals surface area contributed by atoms with Gasteiger partial charge < -0.3 is 0 Å². The molecule has 2 nitrogen and oxygen atoms in total. The predicted molar refractivity (Wildman–Crippen MR) is 61.6 cm³/mol. The van der Waals surface area contributed by atoms with E-state index in [0.717, 1.165) is 19.3 Å². The summed E-state index contributed by atoms with van der Waals surface area (Å²) >= 11 is 0. The summed E-state index contributed by atoms with van der Waals surface area (Å²) in [7, 11) is 0. The molecule has 0 saturated heterocycles. The molecular formula is C14H14N2. The number of fused-ring (bicyclic) bond motifs is 1. The molecule has 1 aromatic carbocycles. The normalized spacial score (nSPS) is 22.9. The van der Waals surface area contributed by atoms with Crippen molar-refractivity contribution in [3.8, 4) is 12.1 Å². The van der Waals surface area contributed by atoms with Crippen LogP contribution in [0.1, 0.15) is 48.6 Å². The molecular weight excluding hydrogens is 196 g/mol. The number of nitriles is 2. The first-order valence-electron chi connectivity index (χ1n) is 5.72. The van der Waals surface area contributed by atoms with Crippen molar-refractivity contribution < 1.29 is 0 Å². The SMILES string of the molecule is N#CCC[C@@H]1CC[C@@H](C#N)c2ccccc21. The molecule has 2 heteroatoms. The summed E-state index contributed by atoms with van der Waals surface area (Å²) in [6, 6.07) is 12.8. The zero-order valence-electron chi connectivity index (χ0n) is 9.19. The van der Waals surface area contributed by atoms with Crippen LogP contribution in [0.25, 0.3) is 0 Å². The number of rotatable bonds is 2. The predicted octanol–water partition coefficient (Wildman–Crippen LogP) is 3.47. The van der Waals surface area contributed by atoms with E-state index in [4.69, 9.17) is 10.5 Å². The van der Waals surface area contributed by atoms with Crippen LogP contribution in [-0.4, -0.2) is 0 Å². The molecule has 0 aliphatic heterocycles. The molecule has 0 radical (unpaired) electrons. The average Bonchev–Trinajstić information content (AvgIpc) is 2.36. The van der Waals surface area contributed by atoms with Crippen molar-refractivity contribution in [3.63, 3.8) is 0 Å². The summed E-state index contributed by atoms with van der Waals surface area (Å²) in [4.78, 5) is 0. The van der Waals surface area contributed by atoms with Gasteiger partial charge >= 0.3 is 0 Å². The molecule has 0 amide bonds. The second kappa shape index (κ2) is 4.81. The summed E-state index contributed by atoms with van der Waals surface area (Å²) in [5.41, 5.74) is 2.47. The Labute approximate surface area is 96.1 Å². The van der Waals surface area contributed by atoms with Gasteiger partial charge in [0.05, 0.1) is 18.1 Å². The third-order valence-electron chi connectivity index (χ3n) is 3.38. The monoisotopic (exact) mass is 210 g/mol. The summed E-state index contributed by atoms with van der Waals surface area (Å²) in [5, 5.41) is 17.7. The Morgan fingerprint density at radius 3 is 2.56 bits per heavy atom. The molecule has 0 bridgehead atoms. The van der Waals surface area contributed by atoms with Gasteiger partial charge in [-0.15, -0.1) is 0 Å². The Morgan fingerprint density at radius 1 is 1.12 bits per heavy atom. The molecule has 2 rings (SSSR count). The minimum atomic E-state index is 0.0505. The molecule has 80 valence electrons. The summed E-state index contributed by atoms with van der Waals surface area (Å²) in [5.74, 6) is 0.523. The fraction of sp³-hybridized carbons (Fsp3) is 0.429. The first-order chi connectivity index (χ1) is 7.86. The van der Waals surface area contributed by atoms with Gasteiger partial charge in [-0.3, -0.25) is 0 Å². The molecule has 16 heavy (non-hydrogen) atoms. The van der Waals surface area contributed by atoms with E-state index in [-0.39, 0.29) is 5.92 Å². The Balaban J connectivity index is 2.29. The number of hydrogen-bond donors (Lipinski definition) is 0. The zero-order valence-corrected chi connectivity index (χ0v) is 9.19. The molecule has 0 aromatic heterocycles. The quantitative estimate of drug-likeness (QED) is 0.750. The maximum Gasteiger partial charge on any atom is 0.0715 e. The van der Waals surface area contributed by atoms with E-state index in [9.17, 15) is 0 Å². The van der Waals surface area contributed by atoms with Crippen LogP contribution in [-0.2, 0) is 0 Å². The second-order valence-corrected chi connectivity index (χ2v) is 4.28. The summed E-state index contributed by atoms with van der Waals surface area (Å²) in [6.07, 6.45) is 3.50. The number of nitrogens with zero attached hydrogens (tertiary/aromatic N) is 2. The van der Waals surface area contributed by atoms with Gasteiger partial charge in [0.2, 0.25) is 0 Å². The van der Waals surface area contributed by atoms with Crippen molar-refractivity contribution in [1.29, 1.82) is 10.5 Å². The summed E-state index contributed by atoms with van der Waals surface area (Å²) in [6.45, 7) is 0. The van der Waals surface area contributed by atoms with Crippen molar-refractivity contribution in [2.45, 2.75) is 37.5 Å². The first kappa shape index (κ1) is 10.7. The van der Waals surface area contributed by atoms with Gasteiger partial charge in [0, 0.05) is 6.42 Å². The maximum atomic E-state index is 9.10. The Kier molecular flexibility index (Phi) is 3.22. The molecule has 2 atom stereocenters. The lowest BCUT2D eigenvalue weighted by Crippen LogP contribution is -2.13. The zero-order chi connectivity index (χ0) is 11.4. The first-order valence-corrected chi connectivity index (χ1v) is 5.72. The molecule has 0 saturated carbocycles. The van der Waals surface area contributed by atoms with Gasteiger partial charge in [-0.05, 0) is 36.3 Å². The minimum absolute atomic E-state index is 0.0505. The van der Waals surface area contributed by atoms with Crippen molar-refractivity contribution in [2.24, 2.45) is 0 Å². The van der Waals surface area contributed by atoms with E-state index in [1.54, 1.807) is 0 Å². The number of benzene rings is 1. The largest absolute Gasteiger partial charge is 0.198 e. The average molecular weight is 210 g/mol. The summed E-state index contributed by atoms with van der Waals surface area (Å²) < 4.78 is 0. The van der Waals surface area contributed by atoms with Gasteiger partial charge in [-0.2, -0.15) is 10.5 Å². The Hall–Kier alpha value is -1.80. The molecule has 0 N–H and O–H groups in total. The van der Waals surface area contributed by atoms with Crippen LogP contribution in [0.4, 0.5) is 0 Å². The van der Waals surface area contributed by atoms with Crippen molar-refractivity contribution in [3.05, 3.63) is 35.4 Å². The Morgan fingerprint density at radius 2 is 1.88 bits per heavy atom. The van der Waals surface area contributed by atoms with Crippen molar-refractivity contribution in [2.75, 3.05) is 0 Å². The van der Waals surface area contributed by atoms with E-state index in [0.29, 0.717) is 12.3 Å². The van der Waals surface area contributed by atoms with Crippen LogP contribution in [0.15, 0.2) is 24.3 Å². The molecule has 1 aliphatic rings. The molecule has 0 fully saturated rings. The lowest BCUT2D eigenvalue weighted by molar-refractivity contribution is 0.505. The molecule has 0 heterocycles. The van der Waals surface area contributed by atoms with E-state index >= 15 is 0 Å². The third-order valence-corrected chi connectivity index (χ3v) is 3.38. The third kappa shape index (κ3) is 1.92. The van der Waals surface area contributed by atoms with Crippen LogP contribution in [0.5, 0.6) is 0 Å². The minimum Gasteiger partial charge on any atom is -0.198 e. The van der Waals surface area contributed by atoms with Crippen LogP contribution < -0.4 is 0 Å². The molecule has 1 aliphatic carbocycles. The lowest BCUT2D eigenvalue weighted by atomic mass is 9.75. The molecule has 1 aromatic rings. The van der Waals surface area contributed by atoms with Crippen LogP contribution in [0.3, 0.4) is 0 Å². The highest BCUT2D eigenvalue weighted by Crippen LogP contribution is 2.40. The topological polar surface area (TPSA) is 47.6 Å². The Bertz CT molecular complexity index is 451. The van der Waals surface area contributed by atoms with Gasteiger partial charge in [-0.25, -0.2) is 0 Å². The van der Waals surface area contributed by atoms with E-state index in [2.05, 4.69) is 24.3 Å². The highest BCUT2D eigenvalue weighted by atomic mass is 14.3. The molecule has 0 spiro atoms. The highest BCUT2D eigenvalue weighted by molar-refractivity contribution is 5.38. The van der Waals surface area contributed by atoms with E-state index < -0.39 is 0 Å². The fourth-order valence-corrected chi connectivity index (χ4v) is 2.55. The lowest BCUT2D eigenvalue weighted by Gasteiger charge is -2.27. The van der Waals surface area contributed by atoms with Gasteiger partial charge in [-0.1, -0.05) is 24.3 Å². The van der Waals surface area contributed by atoms with E-state index in [1.807, 2.05) is 12.1 Å². The molecule has 0 unspecified atom stereocenters. The van der Waals surface area contributed by atoms with Crippen LogP contribution in [0.2, 0.25) is 0 Å². The smallest absolute Gasteiger partial charge is 0.0715 e. The van der Waals surface area contributed by atoms with Gasteiger partial charge in [0.15, 0.2) is 0 Å². The van der Waals surface area contributed by atoms with Crippen LogP contribution >= 0.6 is 0 Å².